The molecule has 0 aliphatic heterocycles. The quantitative estimate of drug-likeness (QED) is 0.0279. The molecule has 1 aromatic carbocycles. The highest BCUT2D eigenvalue weighted by Crippen LogP contribution is 2.23. The van der Waals surface area contributed by atoms with E-state index in [9.17, 15) is 93.0 Å². The van der Waals surface area contributed by atoms with Gasteiger partial charge in [0.15, 0.2) is 0 Å². The number of hydrogen-bond donors (Lipinski definition) is 10. The Morgan fingerprint density at radius 2 is 0.576 bits per heavy atom. The van der Waals surface area contributed by atoms with Gasteiger partial charge < -0.3 is 71.5 Å². The van der Waals surface area contributed by atoms with Gasteiger partial charge in [0.2, 0.25) is 47.3 Å². The number of nitrogens with zero attached hydrogens (tertiary/aromatic N) is 4. The fraction of sp³-hybridized carbons (Fsp3) is 0.718. The molecule has 10 N–H and O–H groups in total. The first-order valence-corrected chi connectivity index (χ1v) is 35.1. The van der Waals surface area contributed by atoms with Gasteiger partial charge in [-0.2, -0.15) is 0 Å². The molecular weight excluding hydrogens is 1280 g/mol. The molecule has 4 atom stereocenters. The topological polar surface area (TPSA) is 421 Å². The molecule has 0 aliphatic carbocycles. The Bertz CT molecular complexity index is 2760. The molecule has 8 amide bonds. The summed E-state index contributed by atoms with van der Waals surface area (Å²) in [6.07, 6.45) is 1.48. The summed E-state index contributed by atoms with van der Waals surface area (Å²) in [6.45, 7) is 15.5. The zero-order chi connectivity index (χ0) is 74.9. The van der Waals surface area contributed by atoms with Crippen molar-refractivity contribution in [2.24, 2.45) is 0 Å². The van der Waals surface area contributed by atoms with E-state index in [2.05, 4.69) is 21.3 Å². The molecule has 560 valence electrons. The number of carboxylic acids is 6. The summed E-state index contributed by atoms with van der Waals surface area (Å²) in [6, 6.07) is 4.17. The van der Waals surface area contributed by atoms with Gasteiger partial charge in [0.25, 0.3) is 0 Å². The minimum absolute atomic E-state index is 0.00128. The van der Waals surface area contributed by atoms with Crippen molar-refractivity contribution >= 4 is 83.1 Å². The first-order chi connectivity index (χ1) is 46.3. The fourth-order valence-electron chi connectivity index (χ4n) is 11.3. The monoisotopic (exact) mass is 1400 g/mol. The van der Waals surface area contributed by atoms with Gasteiger partial charge in [-0.25, -0.2) is 0 Å². The summed E-state index contributed by atoms with van der Waals surface area (Å²) in [5.41, 5.74) is -1.60. The number of carbonyl (C=O) groups excluding carboxylic acids is 8. The standard InChI is InChI=1S/C71H116N8O20/c1-69(2,3)73-66(97)51(31-25-40-62(90)91)76(45-22-12-18-37-59(84)85)55(80)34-17-11-21-48-79(57(82)36-28-35-56(81)77(46-23-13-19-38-60(86)87)52(32-26-41-63(92)93)67(98)74-70(4,5)6)54(49-50-29-15-10-16-30-50)65(96)72-44-43-58(83)78(47-24-14-20-39-61(88)89)53(33-27-42-64(94)95)68(99)75-71(7,8)9/h10,15-16,29-30,51-54H,11-14,17-28,31-49H2,1-9H3,(H,72,96)(H,73,97)(H,74,98)(H,75,99)(H,84,85)(H,86,87)(H,88,89)(H,90,91)(H,92,93)(H,94,95). The largest absolute Gasteiger partial charge is 0.481 e. The zero-order valence-corrected chi connectivity index (χ0v) is 60.1. The number of benzene rings is 1. The molecule has 28 heteroatoms. The number of amides is 8. The molecule has 4 unspecified atom stereocenters. The number of hydrogen-bond acceptors (Lipinski definition) is 14. The van der Waals surface area contributed by atoms with Crippen molar-refractivity contribution in [3.63, 3.8) is 0 Å². The van der Waals surface area contributed by atoms with Crippen molar-refractivity contribution in [1.82, 2.24) is 40.9 Å². The van der Waals surface area contributed by atoms with Gasteiger partial charge in [-0.05, 0) is 164 Å². The van der Waals surface area contributed by atoms with Crippen LogP contribution < -0.4 is 21.3 Å². The first-order valence-electron chi connectivity index (χ1n) is 35.1. The van der Waals surface area contributed by atoms with Crippen LogP contribution in [0.25, 0.3) is 0 Å². The second kappa shape index (κ2) is 47.0. The minimum atomic E-state index is -1.27. The number of carbonyl (C=O) groups is 14. The van der Waals surface area contributed by atoms with Crippen molar-refractivity contribution < 1.29 is 97.8 Å². The molecule has 99 heavy (non-hydrogen) atoms. The summed E-state index contributed by atoms with van der Waals surface area (Å²) in [5.74, 6) is -10.6. The van der Waals surface area contributed by atoms with E-state index in [1.54, 1.807) is 92.6 Å². The second-order valence-electron chi connectivity index (χ2n) is 28.5. The van der Waals surface area contributed by atoms with E-state index < -0.39 is 124 Å². The summed E-state index contributed by atoms with van der Waals surface area (Å²) in [5, 5.41) is 67.9. The summed E-state index contributed by atoms with van der Waals surface area (Å²) < 4.78 is 0. The van der Waals surface area contributed by atoms with E-state index in [-0.39, 0.29) is 180 Å². The van der Waals surface area contributed by atoms with Gasteiger partial charge >= 0.3 is 35.8 Å². The highest BCUT2D eigenvalue weighted by Gasteiger charge is 2.36. The molecule has 28 nitrogen and oxygen atoms in total. The van der Waals surface area contributed by atoms with Gasteiger partial charge in [-0.1, -0.05) is 56.0 Å². The van der Waals surface area contributed by atoms with Gasteiger partial charge in [0.05, 0.1) is 0 Å². The third-order valence-electron chi connectivity index (χ3n) is 15.9. The van der Waals surface area contributed by atoms with Crippen LogP contribution >= 0.6 is 0 Å². The van der Waals surface area contributed by atoms with Crippen LogP contribution in [0.15, 0.2) is 30.3 Å². The predicted molar refractivity (Wildman–Crippen MR) is 369 cm³/mol. The lowest BCUT2D eigenvalue weighted by molar-refractivity contribution is -0.143. The summed E-state index contributed by atoms with van der Waals surface area (Å²) in [7, 11) is 0. The molecule has 0 spiro atoms. The molecule has 0 aromatic heterocycles. The second-order valence-corrected chi connectivity index (χ2v) is 28.5. The highest BCUT2D eigenvalue weighted by atomic mass is 16.4. The van der Waals surface area contributed by atoms with Crippen LogP contribution in [0.5, 0.6) is 0 Å². The van der Waals surface area contributed by atoms with E-state index in [0.717, 1.165) is 0 Å². The molecular formula is C71H116N8O20. The molecule has 0 saturated heterocycles. The van der Waals surface area contributed by atoms with Crippen LogP contribution in [0.2, 0.25) is 0 Å². The van der Waals surface area contributed by atoms with E-state index in [4.69, 9.17) is 0 Å². The number of aliphatic carboxylic acids is 6. The fourth-order valence-corrected chi connectivity index (χ4v) is 11.3. The summed E-state index contributed by atoms with van der Waals surface area (Å²) in [4.78, 5) is 190. The predicted octanol–water partition coefficient (Wildman–Crippen LogP) is 7.70. The Hall–Kier alpha value is -8.20. The van der Waals surface area contributed by atoms with Gasteiger partial charge in [-0.3, -0.25) is 67.1 Å². The SMILES string of the molecule is CC(C)(C)NC(=O)C(CCCC(=O)O)N(CCCCCC(=O)O)C(=O)CCCCCN(C(=O)CCCC(=O)N(CCCCCC(=O)O)C(CCCC(=O)O)C(=O)NC(C)(C)C)C(Cc1ccccc1)C(=O)NCCC(=O)N(CCCCCC(=O)O)C(CCCC(=O)O)C(=O)NC(C)(C)C. The number of carboxylic acid groups (broad SMARTS) is 6. The van der Waals surface area contributed by atoms with E-state index in [1.807, 2.05) is 0 Å². The molecule has 1 aromatic rings. The molecule has 0 radical (unpaired) electrons. The van der Waals surface area contributed by atoms with Crippen molar-refractivity contribution in [3.8, 4) is 0 Å². The third kappa shape index (κ3) is 41.7. The third-order valence-corrected chi connectivity index (χ3v) is 15.9. The van der Waals surface area contributed by atoms with Crippen molar-refractivity contribution in [2.45, 2.75) is 296 Å². The molecule has 1 rings (SSSR count). The van der Waals surface area contributed by atoms with E-state index in [0.29, 0.717) is 50.5 Å². The lowest BCUT2D eigenvalue weighted by atomic mass is 10.0. The maximum Gasteiger partial charge on any atom is 0.303 e. The molecule has 0 fully saturated rings. The van der Waals surface area contributed by atoms with E-state index >= 15 is 4.79 Å². The molecule has 0 bridgehead atoms. The van der Waals surface area contributed by atoms with Crippen molar-refractivity contribution in [1.29, 1.82) is 0 Å². The average molecular weight is 1400 g/mol. The Balaban J connectivity index is 3.97. The Labute approximate surface area is 583 Å². The molecule has 0 saturated carbocycles. The molecule has 0 heterocycles. The van der Waals surface area contributed by atoms with Crippen LogP contribution in [0.3, 0.4) is 0 Å². The Morgan fingerprint density at radius 1 is 0.313 bits per heavy atom. The Kier molecular flexibility index (Phi) is 42.1. The van der Waals surface area contributed by atoms with Crippen molar-refractivity contribution in [3.05, 3.63) is 35.9 Å². The van der Waals surface area contributed by atoms with Crippen molar-refractivity contribution in [2.75, 3.05) is 32.7 Å². The average Bonchev–Trinajstić information content (AvgIpc) is 0.982. The smallest absolute Gasteiger partial charge is 0.303 e. The van der Waals surface area contributed by atoms with Gasteiger partial charge in [0, 0.05) is 120 Å². The number of unbranched alkanes of at least 4 members (excludes halogenated alkanes) is 8. The van der Waals surface area contributed by atoms with Gasteiger partial charge in [-0.15, -0.1) is 0 Å². The molecule has 0 aliphatic rings. The van der Waals surface area contributed by atoms with Crippen LogP contribution in [-0.4, -0.2) is 207 Å². The van der Waals surface area contributed by atoms with Crippen LogP contribution in [-0.2, 0) is 73.5 Å². The normalized spacial score (nSPS) is 12.7. The lowest BCUT2D eigenvalue weighted by Gasteiger charge is -2.34. The number of rotatable bonds is 53. The Morgan fingerprint density at radius 3 is 0.869 bits per heavy atom. The van der Waals surface area contributed by atoms with Gasteiger partial charge in [0.1, 0.15) is 24.2 Å². The lowest BCUT2D eigenvalue weighted by Crippen LogP contribution is -2.55. The van der Waals surface area contributed by atoms with E-state index in [1.165, 1.54) is 19.6 Å². The highest BCUT2D eigenvalue weighted by molar-refractivity contribution is 5.91. The summed E-state index contributed by atoms with van der Waals surface area (Å²) >= 11 is 0. The zero-order valence-electron chi connectivity index (χ0n) is 60.1. The maximum absolute atomic E-state index is 15.1. The maximum atomic E-state index is 15.1. The number of nitrogens with one attached hydrogen (secondary N) is 4. The van der Waals surface area contributed by atoms with Crippen LogP contribution in [0.4, 0.5) is 0 Å². The van der Waals surface area contributed by atoms with Crippen LogP contribution in [0.1, 0.15) is 254 Å². The first kappa shape index (κ1) is 88.8. The minimum Gasteiger partial charge on any atom is -0.481 e. The van der Waals surface area contributed by atoms with Crippen LogP contribution in [0, 0.1) is 0 Å².